The van der Waals surface area contributed by atoms with Crippen LogP contribution >= 0.6 is 0 Å². The first-order chi connectivity index (χ1) is 10.2. The zero-order chi connectivity index (χ0) is 14.8. The quantitative estimate of drug-likeness (QED) is 0.546. The molecule has 0 atom stereocenters. The molecule has 0 saturated heterocycles. The summed E-state index contributed by atoms with van der Waals surface area (Å²) in [5.74, 6) is -0.424. The van der Waals surface area contributed by atoms with E-state index in [0.29, 0.717) is 16.6 Å². The number of ether oxygens (including phenoxy) is 1. The van der Waals surface area contributed by atoms with E-state index in [-0.39, 0.29) is 0 Å². The van der Waals surface area contributed by atoms with E-state index in [1.807, 2.05) is 18.3 Å². The molecule has 0 spiro atoms. The number of benzene rings is 2. The molecule has 0 fully saturated rings. The van der Waals surface area contributed by atoms with Gasteiger partial charge in [-0.3, -0.25) is 4.79 Å². The summed E-state index contributed by atoms with van der Waals surface area (Å²) in [6.45, 7) is 0. The topological polar surface area (TPSA) is 61.2 Å². The highest BCUT2D eigenvalue weighted by molar-refractivity contribution is 6.02. The molecule has 3 rings (SSSR count). The third kappa shape index (κ3) is 2.29. The Kier molecular flexibility index (Phi) is 3.23. The molecule has 5 nitrogen and oxygen atoms in total. The Morgan fingerprint density at radius 3 is 2.81 bits per heavy atom. The fourth-order valence-electron chi connectivity index (χ4n) is 2.19. The molecular formula is C16H12N2O3. The molecule has 104 valence electrons. The number of nitrogens with zero attached hydrogens (tertiary/aromatic N) is 2. The molecule has 0 aliphatic heterocycles. The van der Waals surface area contributed by atoms with Crippen LogP contribution in [0.4, 0.5) is 0 Å². The van der Waals surface area contributed by atoms with Crippen molar-refractivity contribution < 1.29 is 14.3 Å². The van der Waals surface area contributed by atoms with Gasteiger partial charge in [-0.05, 0) is 18.2 Å². The number of fused-ring (bicyclic) bond motifs is 1. The monoisotopic (exact) mass is 280 g/mol. The van der Waals surface area contributed by atoms with Gasteiger partial charge in [0.2, 0.25) is 0 Å². The normalized spacial score (nSPS) is 10.5. The summed E-state index contributed by atoms with van der Waals surface area (Å²) in [4.78, 5) is 22.6. The largest absolute Gasteiger partial charge is 0.465 e. The van der Waals surface area contributed by atoms with E-state index in [2.05, 4.69) is 5.10 Å². The molecule has 0 radical (unpaired) electrons. The zero-order valence-electron chi connectivity index (χ0n) is 11.3. The van der Waals surface area contributed by atoms with Crippen molar-refractivity contribution in [2.24, 2.45) is 0 Å². The maximum atomic E-state index is 11.8. The Hall–Kier alpha value is -2.95. The van der Waals surface area contributed by atoms with Gasteiger partial charge in [0.25, 0.3) is 0 Å². The summed E-state index contributed by atoms with van der Waals surface area (Å²) in [5, 5.41) is 5.26. The molecule has 0 unspecified atom stereocenters. The first-order valence-electron chi connectivity index (χ1n) is 6.35. The van der Waals surface area contributed by atoms with Gasteiger partial charge >= 0.3 is 5.97 Å². The van der Waals surface area contributed by atoms with E-state index in [1.54, 1.807) is 35.0 Å². The van der Waals surface area contributed by atoms with Crippen molar-refractivity contribution in [3.63, 3.8) is 0 Å². The van der Waals surface area contributed by atoms with Gasteiger partial charge in [-0.1, -0.05) is 24.3 Å². The number of carbonyl (C=O) groups is 2. The molecule has 1 aromatic heterocycles. The summed E-state index contributed by atoms with van der Waals surface area (Å²) in [5.41, 5.74) is 2.31. The van der Waals surface area contributed by atoms with Gasteiger partial charge in [0.1, 0.15) is 11.8 Å². The number of esters is 1. The third-order valence-corrected chi connectivity index (χ3v) is 3.21. The second-order valence-corrected chi connectivity index (χ2v) is 4.52. The summed E-state index contributed by atoms with van der Waals surface area (Å²) < 4.78 is 6.40. The van der Waals surface area contributed by atoms with Gasteiger partial charge in [-0.15, -0.1) is 0 Å². The Bertz CT molecular complexity index is 836. The molecule has 0 N–H and O–H groups in total. The molecule has 0 aliphatic rings. The van der Waals surface area contributed by atoms with Crippen LogP contribution in [-0.4, -0.2) is 29.1 Å². The smallest absolute Gasteiger partial charge is 0.340 e. The number of rotatable bonds is 3. The predicted octanol–water partition coefficient (Wildman–Crippen LogP) is 2.62. The second kappa shape index (κ2) is 5.20. The number of aldehydes is 1. The molecule has 5 heteroatoms. The minimum Gasteiger partial charge on any atom is -0.465 e. The van der Waals surface area contributed by atoms with Crippen LogP contribution in [0.15, 0.2) is 48.7 Å². The third-order valence-electron chi connectivity index (χ3n) is 3.21. The lowest BCUT2D eigenvalue weighted by atomic mass is 10.1. The van der Waals surface area contributed by atoms with Crippen molar-refractivity contribution in [2.75, 3.05) is 7.11 Å². The van der Waals surface area contributed by atoms with Crippen LogP contribution in [0, 0.1) is 0 Å². The Morgan fingerprint density at radius 2 is 2.05 bits per heavy atom. The van der Waals surface area contributed by atoms with Crippen LogP contribution in [0.1, 0.15) is 20.7 Å². The molecule has 0 amide bonds. The van der Waals surface area contributed by atoms with Crippen LogP contribution in [0.25, 0.3) is 16.6 Å². The van der Waals surface area contributed by atoms with Gasteiger partial charge in [-0.25, -0.2) is 9.48 Å². The van der Waals surface area contributed by atoms with Gasteiger partial charge in [0.05, 0.1) is 18.4 Å². The van der Waals surface area contributed by atoms with E-state index >= 15 is 0 Å². The fraction of sp³-hybridized carbons (Fsp3) is 0.0625. The van der Waals surface area contributed by atoms with E-state index in [0.717, 1.165) is 17.4 Å². The first kappa shape index (κ1) is 13.1. The van der Waals surface area contributed by atoms with Crippen molar-refractivity contribution in [1.29, 1.82) is 0 Å². The van der Waals surface area contributed by atoms with Crippen molar-refractivity contribution in [2.45, 2.75) is 0 Å². The Morgan fingerprint density at radius 1 is 1.24 bits per heavy atom. The minimum absolute atomic E-state index is 0.417. The predicted molar refractivity (Wildman–Crippen MR) is 77.8 cm³/mol. The van der Waals surface area contributed by atoms with Crippen LogP contribution in [-0.2, 0) is 4.74 Å². The molecule has 0 aliphatic carbocycles. The molecule has 1 heterocycles. The highest BCUT2D eigenvalue weighted by Crippen LogP contribution is 2.20. The lowest BCUT2D eigenvalue weighted by Crippen LogP contribution is -2.02. The van der Waals surface area contributed by atoms with Crippen molar-refractivity contribution in [3.8, 4) is 5.69 Å². The lowest BCUT2D eigenvalue weighted by Gasteiger charge is -2.01. The maximum absolute atomic E-state index is 11.8. The zero-order valence-corrected chi connectivity index (χ0v) is 11.3. The van der Waals surface area contributed by atoms with Crippen molar-refractivity contribution in [1.82, 2.24) is 9.78 Å². The van der Waals surface area contributed by atoms with E-state index in [1.165, 1.54) is 7.11 Å². The first-order valence-corrected chi connectivity index (χ1v) is 6.35. The SMILES string of the molecule is COC(=O)c1cccc2cn(-c3cccc(C=O)c3)nc12. The highest BCUT2D eigenvalue weighted by Gasteiger charge is 2.13. The van der Waals surface area contributed by atoms with Gasteiger partial charge < -0.3 is 4.74 Å². The van der Waals surface area contributed by atoms with E-state index in [4.69, 9.17) is 4.74 Å². The molecule has 2 aromatic carbocycles. The molecule has 21 heavy (non-hydrogen) atoms. The lowest BCUT2D eigenvalue weighted by molar-refractivity contribution is 0.0602. The minimum atomic E-state index is -0.424. The van der Waals surface area contributed by atoms with Gasteiger partial charge in [-0.2, -0.15) is 5.10 Å². The summed E-state index contributed by atoms with van der Waals surface area (Å²) in [6.07, 6.45) is 2.60. The van der Waals surface area contributed by atoms with Crippen LogP contribution in [0.3, 0.4) is 0 Å². The van der Waals surface area contributed by atoms with Gasteiger partial charge in [0.15, 0.2) is 0 Å². The molecule has 3 aromatic rings. The van der Waals surface area contributed by atoms with Crippen LogP contribution in [0.5, 0.6) is 0 Å². The van der Waals surface area contributed by atoms with E-state index < -0.39 is 5.97 Å². The number of carbonyl (C=O) groups excluding carboxylic acids is 2. The summed E-state index contributed by atoms with van der Waals surface area (Å²) in [7, 11) is 1.34. The summed E-state index contributed by atoms with van der Waals surface area (Å²) >= 11 is 0. The Labute approximate surface area is 120 Å². The number of methoxy groups -OCH3 is 1. The molecule has 0 bridgehead atoms. The van der Waals surface area contributed by atoms with Gasteiger partial charge in [0, 0.05) is 17.1 Å². The Balaban J connectivity index is 2.17. The average Bonchev–Trinajstić information content (AvgIpc) is 2.98. The number of hydrogen-bond acceptors (Lipinski definition) is 4. The van der Waals surface area contributed by atoms with Crippen LogP contribution < -0.4 is 0 Å². The standard InChI is InChI=1S/C16H12N2O3/c1-21-16(20)14-7-3-5-12-9-18(17-15(12)14)13-6-2-4-11(8-13)10-19/h2-10H,1H3. The maximum Gasteiger partial charge on any atom is 0.340 e. The highest BCUT2D eigenvalue weighted by atomic mass is 16.5. The molecule has 0 saturated carbocycles. The number of hydrogen-bond donors (Lipinski definition) is 0. The van der Waals surface area contributed by atoms with Crippen LogP contribution in [0.2, 0.25) is 0 Å². The second-order valence-electron chi connectivity index (χ2n) is 4.52. The van der Waals surface area contributed by atoms with Crippen molar-refractivity contribution >= 4 is 23.2 Å². The fourth-order valence-corrected chi connectivity index (χ4v) is 2.19. The van der Waals surface area contributed by atoms with Crippen molar-refractivity contribution in [3.05, 3.63) is 59.8 Å². The van der Waals surface area contributed by atoms with E-state index in [9.17, 15) is 9.59 Å². The molecular weight excluding hydrogens is 268 g/mol. The number of aromatic nitrogens is 2. The summed E-state index contributed by atoms with van der Waals surface area (Å²) in [6, 6.07) is 12.4. The average molecular weight is 280 g/mol.